The second-order valence-corrected chi connectivity index (χ2v) is 7.26. The van der Waals surface area contributed by atoms with E-state index in [1.807, 2.05) is 43.3 Å². The van der Waals surface area contributed by atoms with Gasteiger partial charge in [-0.1, -0.05) is 30.3 Å². The van der Waals surface area contributed by atoms with E-state index in [1.54, 1.807) is 36.4 Å². The summed E-state index contributed by atoms with van der Waals surface area (Å²) in [6.45, 7) is 1.85. The van der Waals surface area contributed by atoms with Crippen LogP contribution in [0.4, 0.5) is 5.69 Å². The monoisotopic (exact) mass is 471 g/mol. The number of carbonyl (C=O) groups is 2. The molecule has 0 aliphatic rings. The summed E-state index contributed by atoms with van der Waals surface area (Å²) in [5, 5.41) is 2.84. The lowest BCUT2D eigenvalue weighted by Gasteiger charge is -2.10. The van der Waals surface area contributed by atoms with E-state index in [9.17, 15) is 9.59 Å². The van der Waals surface area contributed by atoms with Crippen molar-refractivity contribution < 1.29 is 14.3 Å². The first kappa shape index (κ1) is 19.1. The Hall–Kier alpha value is -2.67. The van der Waals surface area contributed by atoms with Gasteiger partial charge in [-0.25, -0.2) is 0 Å². The van der Waals surface area contributed by atoms with Gasteiger partial charge in [-0.15, -0.1) is 0 Å². The number of rotatable bonds is 6. The Morgan fingerprint density at radius 1 is 0.926 bits per heavy atom. The molecule has 1 N–H and O–H groups in total. The second-order valence-electron chi connectivity index (χ2n) is 6.02. The summed E-state index contributed by atoms with van der Waals surface area (Å²) in [5.41, 5.74) is 2.98. The summed E-state index contributed by atoms with van der Waals surface area (Å²) in [5.74, 6) is 0.256. The van der Waals surface area contributed by atoms with Gasteiger partial charge in [0.2, 0.25) is 0 Å². The van der Waals surface area contributed by atoms with Gasteiger partial charge in [0.15, 0.2) is 12.4 Å². The Kier molecular flexibility index (Phi) is 6.24. The van der Waals surface area contributed by atoms with Crippen molar-refractivity contribution in [2.75, 3.05) is 11.9 Å². The highest BCUT2D eigenvalue weighted by Gasteiger charge is 2.09. The molecule has 0 heterocycles. The smallest absolute Gasteiger partial charge is 0.262 e. The van der Waals surface area contributed by atoms with E-state index in [0.717, 1.165) is 14.8 Å². The van der Waals surface area contributed by atoms with Crippen LogP contribution in [-0.2, 0) is 4.79 Å². The predicted octanol–water partition coefficient (Wildman–Crippen LogP) is 4.85. The molecule has 0 saturated heterocycles. The zero-order valence-electron chi connectivity index (χ0n) is 14.7. The lowest BCUT2D eigenvalue weighted by atomic mass is 10.0. The molecule has 3 aromatic carbocycles. The average Bonchev–Trinajstić information content (AvgIpc) is 2.69. The Labute approximate surface area is 171 Å². The highest BCUT2D eigenvalue weighted by atomic mass is 127. The first-order valence-corrected chi connectivity index (χ1v) is 9.49. The number of hydrogen-bond acceptors (Lipinski definition) is 3. The van der Waals surface area contributed by atoms with Crippen LogP contribution in [0.15, 0.2) is 72.8 Å². The van der Waals surface area contributed by atoms with Crippen molar-refractivity contribution in [1.82, 2.24) is 0 Å². The zero-order chi connectivity index (χ0) is 19.2. The third-order valence-electron chi connectivity index (χ3n) is 3.98. The van der Waals surface area contributed by atoms with E-state index >= 15 is 0 Å². The third-order valence-corrected chi connectivity index (χ3v) is 4.66. The summed E-state index contributed by atoms with van der Waals surface area (Å²) >= 11 is 2.23. The van der Waals surface area contributed by atoms with Crippen LogP contribution in [0.1, 0.15) is 21.5 Å². The molecule has 0 atom stereocenters. The average molecular weight is 471 g/mol. The SMILES string of the molecule is Cc1cc(I)ccc1NC(=O)COc1ccc(C(=O)c2ccccc2)cc1. The van der Waals surface area contributed by atoms with Gasteiger partial charge in [0.05, 0.1) is 0 Å². The van der Waals surface area contributed by atoms with Crippen molar-refractivity contribution in [3.05, 3.63) is 93.1 Å². The lowest BCUT2D eigenvalue weighted by molar-refractivity contribution is -0.118. The van der Waals surface area contributed by atoms with Gasteiger partial charge in [-0.3, -0.25) is 9.59 Å². The normalized spacial score (nSPS) is 10.3. The molecule has 0 aliphatic heterocycles. The van der Waals surface area contributed by atoms with Gasteiger partial charge >= 0.3 is 0 Å². The Morgan fingerprint density at radius 3 is 2.26 bits per heavy atom. The first-order valence-electron chi connectivity index (χ1n) is 8.41. The fourth-order valence-corrected chi connectivity index (χ4v) is 3.21. The van der Waals surface area contributed by atoms with Crippen molar-refractivity contribution in [3.8, 4) is 5.75 Å². The Balaban J connectivity index is 1.57. The van der Waals surface area contributed by atoms with Crippen molar-refractivity contribution >= 4 is 40.0 Å². The van der Waals surface area contributed by atoms with E-state index in [-0.39, 0.29) is 18.3 Å². The molecule has 0 aromatic heterocycles. The van der Waals surface area contributed by atoms with Crippen LogP contribution in [-0.4, -0.2) is 18.3 Å². The van der Waals surface area contributed by atoms with E-state index in [2.05, 4.69) is 27.9 Å². The number of nitrogens with one attached hydrogen (secondary N) is 1. The Bertz CT molecular complexity index is 953. The number of benzene rings is 3. The van der Waals surface area contributed by atoms with Crippen molar-refractivity contribution in [1.29, 1.82) is 0 Å². The maximum absolute atomic E-state index is 12.4. The standard InChI is InChI=1S/C22H18INO3/c1-15-13-18(23)9-12-20(15)24-21(25)14-27-19-10-7-17(8-11-19)22(26)16-5-3-2-4-6-16/h2-13H,14H2,1H3,(H,24,25). The van der Waals surface area contributed by atoms with Gasteiger partial charge in [-0.05, 0) is 77.5 Å². The van der Waals surface area contributed by atoms with Gasteiger partial charge in [0.1, 0.15) is 5.75 Å². The number of aryl methyl sites for hydroxylation is 1. The molecule has 3 aromatic rings. The molecule has 0 radical (unpaired) electrons. The van der Waals surface area contributed by atoms with Crippen LogP contribution >= 0.6 is 22.6 Å². The maximum Gasteiger partial charge on any atom is 0.262 e. The molecule has 5 heteroatoms. The quantitative estimate of drug-likeness (QED) is 0.413. The van der Waals surface area contributed by atoms with Gasteiger partial charge in [-0.2, -0.15) is 0 Å². The molecular formula is C22H18INO3. The molecule has 0 saturated carbocycles. The van der Waals surface area contributed by atoms with Crippen molar-refractivity contribution in [3.63, 3.8) is 0 Å². The van der Waals surface area contributed by atoms with Crippen LogP contribution in [0.5, 0.6) is 5.75 Å². The van der Waals surface area contributed by atoms with Gasteiger partial charge in [0, 0.05) is 20.4 Å². The molecule has 27 heavy (non-hydrogen) atoms. The number of anilines is 1. The van der Waals surface area contributed by atoms with E-state index in [1.165, 1.54) is 0 Å². The summed E-state index contributed by atoms with van der Waals surface area (Å²) in [6.07, 6.45) is 0. The minimum atomic E-state index is -0.233. The van der Waals surface area contributed by atoms with Gasteiger partial charge in [0.25, 0.3) is 5.91 Å². The fraction of sp³-hybridized carbons (Fsp3) is 0.0909. The second kappa shape index (κ2) is 8.81. The molecule has 0 fully saturated rings. The number of hydrogen-bond donors (Lipinski definition) is 1. The van der Waals surface area contributed by atoms with Crippen LogP contribution in [0.25, 0.3) is 0 Å². The number of ketones is 1. The molecule has 0 unspecified atom stereocenters. The molecule has 4 nitrogen and oxygen atoms in total. The lowest BCUT2D eigenvalue weighted by Crippen LogP contribution is -2.20. The number of carbonyl (C=O) groups excluding carboxylic acids is 2. The van der Waals surface area contributed by atoms with Crippen LogP contribution < -0.4 is 10.1 Å². The highest BCUT2D eigenvalue weighted by Crippen LogP contribution is 2.18. The molecular weight excluding hydrogens is 453 g/mol. The third kappa shape index (κ3) is 5.17. The minimum Gasteiger partial charge on any atom is -0.484 e. The van der Waals surface area contributed by atoms with Crippen LogP contribution in [0.2, 0.25) is 0 Å². The van der Waals surface area contributed by atoms with Crippen LogP contribution in [0, 0.1) is 10.5 Å². The summed E-state index contributed by atoms with van der Waals surface area (Å²) < 4.78 is 6.63. The van der Waals surface area contributed by atoms with Crippen molar-refractivity contribution in [2.45, 2.75) is 6.92 Å². The zero-order valence-corrected chi connectivity index (χ0v) is 16.9. The summed E-state index contributed by atoms with van der Waals surface area (Å²) in [6, 6.07) is 21.7. The minimum absolute atomic E-state index is 0.0471. The predicted molar refractivity (Wildman–Crippen MR) is 114 cm³/mol. The summed E-state index contributed by atoms with van der Waals surface area (Å²) in [7, 11) is 0. The largest absolute Gasteiger partial charge is 0.484 e. The molecule has 3 rings (SSSR count). The molecule has 0 bridgehead atoms. The topological polar surface area (TPSA) is 55.4 Å². The van der Waals surface area contributed by atoms with Crippen molar-refractivity contribution in [2.24, 2.45) is 0 Å². The summed E-state index contributed by atoms with van der Waals surface area (Å²) in [4.78, 5) is 24.5. The molecule has 1 amide bonds. The van der Waals surface area contributed by atoms with E-state index < -0.39 is 0 Å². The maximum atomic E-state index is 12.4. The number of ether oxygens (including phenoxy) is 1. The number of halogens is 1. The number of amides is 1. The van der Waals surface area contributed by atoms with E-state index in [4.69, 9.17) is 4.74 Å². The molecule has 136 valence electrons. The Morgan fingerprint density at radius 2 is 1.59 bits per heavy atom. The molecule has 0 aliphatic carbocycles. The highest BCUT2D eigenvalue weighted by molar-refractivity contribution is 14.1. The first-order chi connectivity index (χ1) is 13.0. The molecule has 0 spiro atoms. The van der Waals surface area contributed by atoms with Crippen LogP contribution in [0.3, 0.4) is 0 Å². The van der Waals surface area contributed by atoms with E-state index in [0.29, 0.717) is 16.9 Å². The fourth-order valence-electron chi connectivity index (χ4n) is 2.56. The van der Waals surface area contributed by atoms with Gasteiger partial charge < -0.3 is 10.1 Å².